The van der Waals surface area contributed by atoms with Gasteiger partial charge in [0.05, 0.1) is 99.5 Å². The molecule has 83 heavy (non-hydrogen) atoms. The molecule has 4 aliphatic rings. The maximum atomic E-state index is 15.6. The Labute approximate surface area is 454 Å². The SMILES string of the molecule is O=C1C(c2ccc3c(N4C(=O)c5c(F)c(F)c(F)c(F)c5C4=O)c(Cc4cc(Cl)c5nc(C6=C(O)c7c(F)c(F)c(F)c(F)c7C6=O)ccc5c4N4C(=O)c5c(F)c(F)c(F)c(F)c5C4=O)cc(Cl)c3n2)=C(O)c2c(F)c(F)c(F)c(F)c21. The molecular weight excluding hydrogens is 1200 g/mol. The van der Waals surface area contributed by atoms with E-state index in [1.165, 1.54) is 0 Å². The maximum absolute atomic E-state index is 15.6. The number of halogens is 18. The van der Waals surface area contributed by atoms with Crippen LogP contribution in [0.1, 0.15) is 95.8 Å². The lowest BCUT2D eigenvalue weighted by atomic mass is 9.95. The van der Waals surface area contributed by atoms with Gasteiger partial charge in [0.25, 0.3) is 23.6 Å². The third-order valence-corrected chi connectivity index (χ3v) is 14.5. The molecule has 12 nitrogen and oxygen atoms in total. The summed E-state index contributed by atoms with van der Waals surface area (Å²) in [6, 6.07) is 4.12. The number of carbonyl (C=O) groups is 6. The van der Waals surface area contributed by atoms with Gasteiger partial charge in [0.2, 0.25) is 11.6 Å². The fourth-order valence-corrected chi connectivity index (χ4v) is 10.9. The van der Waals surface area contributed by atoms with E-state index in [2.05, 4.69) is 9.97 Å². The molecule has 2 N–H and O–H groups in total. The lowest BCUT2D eigenvalue weighted by Gasteiger charge is -2.25. The van der Waals surface area contributed by atoms with E-state index in [1.54, 1.807) is 0 Å². The van der Waals surface area contributed by atoms with Crippen LogP contribution in [0.4, 0.5) is 81.6 Å². The number of amides is 4. The number of pyridine rings is 2. The predicted octanol–water partition coefficient (Wildman–Crippen LogP) is 12.8. The molecule has 416 valence electrons. The first kappa shape index (κ1) is 53.9. The Kier molecular flexibility index (Phi) is 11.6. The van der Waals surface area contributed by atoms with Crippen molar-refractivity contribution >= 4 is 114 Å². The van der Waals surface area contributed by atoms with E-state index in [-0.39, 0.29) is 9.80 Å². The van der Waals surface area contributed by atoms with E-state index in [1.807, 2.05) is 0 Å². The number of nitrogens with zero attached hydrogens (tertiary/aromatic N) is 4. The Morgan fingerprint density at radius 2 is 0.614 bits per heavy atom. The van der Waals surface area contributed by atoms with Crippen LogP contribution in [0.5, 0.6) is 0 Å². The van der Waals surface area contributed by atoms with Crippen LogP contribution in [0, 0.1) is 93.1 Å². The van der Waals surface area contributed by atoms with Crippen molar-refractivity contribution < 1.29 is 109 Å². The van der Waals surface area contributed by atoms with Gasteiger partial charge in [-0.05, 0) is 47.5 Å². The van der Waals surface area contributed by atoms with E-state index < -0.39 is 268 Å². The molecular formula is C53H10Cl2F16N4O8. The van der Waals surface area contributed by atoms with Crippen LogP contribution in [0.3, 0.4) is 0 Å². The number of Topliss-reactive ketones (excluding diaryl/α,β-unsaturated/α-hetero) is 2. The highest BCUT2D eigenvalue weighted by atomic mass is 35.5. The van der Waals surface area contributed by atoms with Crippen molar-refractivity contribution in [2.24, 2.45) is 0 Å². The maximum Gasteiger partial charge on any atom is 0.269 e. The standard InChI is InChI=1S/C53H10Cl2F16N4O8/c54-12-6-8(44(74-50(80)22-23(51(74)81)31(61)39(69)38(68)30(22)60)10-1-3-14(72-42(10)12)16-46(76)18-19(47(16)77)27(57)35(65)34(64)26(18)56)5-9-7-13(55)43-11(45(9)75-52(82)24-25(53(75)83)33(63)41(71)40(70)32(24)62)2-4-15(73-43)17-48(78)20-21(49(17)79)29(59)37(67)36(66)28(20)58/h1-4,6-7,76,78H,5H2. The molecule has 2 aromatic heterocycles. The summed E-state index contributed by atoms with van der Waals surface area (Å²) >= 11 is 13.5. The second-order valence-electron chi connectivity index (χ2n) is 18.1. The molecule has 2 aliphatic carbocycles. The highest BCUT2D eigenvalue weighted by molar-refractivity contribution is 6.43. The van der Waals surface area contributed by atoms with Gasteiger partial charge >= 0.3 is 0 Å². The third-order valence-electron chi connectivity index (χ3n) is 13.9. The van der Waals surface area contributed by atoms with Crippen molar-refractivity contribution in [1.29, 1.82) is 0 Å². The van der Waals surface area contributed by atoms with Crippen molar-refractivity contribution in [3.8, 4) is 0 Å². The number of imide groups is 2. The molecule has 0 spiro atoms. The number of hydrogen-bond acceptors (Lipinski definition) is 10. The van der Waals surface area contributed by atoms with Crippen LogP contribution in [0.2, 0.25) is 10.0 Å². The third kappa shape index (κ3) is 6.86. The van der Waals surface area contributed by atoms with Gasteiger partial charge < -0.3 is 10.2 Å². The van der Waals surface area contributed by atoms with Gasteiger partial charge in [-0.1, -0.05) is 23.2 Å². The van der Waals surface area contributed by atoms with Gasteiger partial charge in [-0.3, -0.25) is 28.8 Å². The van der Waals surface area contributed by atoms with Crippen molar-refractivity contribution in [3.63, 3.8) is 0 Å². The molecule has 8 aromatic rings. The van der Waals surface area contributed by atoms with Crippen LogP contribution < -0.4 is 9.80 Å². The van der Waals surface area contributed by atoms with Crippen LogP contribution in [-0.4, -0.2) is 55.4 Å². The Bertz CT molecular complexity index is 4380. The molecule has 0 fully saturated rings. The van der Waals surface area contributed by atoms with E-state index >= 15 is 35.1 Å². The number of benzene rings is 6. The zero-order valence-electron chi connectivity index (χ0n) is 39.1. The highest BCUT2D eigenvalue weighted by Crippen LogP contribution is 2.49. The average molecular weight is 1210 g/mol. The zero-order valence-corrected chi connectivity index (χ0v) is 40.6. The van der Waals surface area contributed by atoms with Gasteiger partial charge in [-0.15, -0.1) is 0 Å². The summed E-state index contributed by atoms with van der Waals surface area (Å²) in [6.45, 7) is 0. The summed E-state index contributed by atoms with van der Waals surface area (Å²) in [6.07, 6.45) is -1.19. The number of carbonyl (C=O) groups excluding carboxylic acids is 6. The lowest BCUT2D eigenvalue weighted by molar-refractivity contribution is 0.0908. The quantitative estimate of drug-likeness (QED) is 0.0705. The number of hydrogen-bond donors (Lipinski definition) is 2. The fourth-order valence-electron chi connectivity index (χ4n) is 10.3. The average Bonchev–Trinajstić information content (AvgIpc) is 2.67. The van der Waals surface area contributed by atoms with E-state index in [4.69, 9.17) is 23.2 Å². The number of allylic oxidation sites excluding steroid dienone is 2. The predicted molar refractivity (Wildman–Crippen MR) is 251 cm³/mol. The number of anilines is 2. The monoisotopic (exact) mass is 1200 g/mol. The minimum atomic E-state index is -2.61. The number of fused-ring (bicyclic) bond motifs is 6. The van der Waals surface area contributed by atoms with Gasteiger partial charge in [-0.25, -0.2) is 90.0 Å². The largest absolute Gasteiger partial charge is 0.506 e. The van der Waals surface area contributed by atoms with E-state index in [0.717, 1.165) is 12.1 Å². The molecule has 6 aromatic carbocycles. The molecule has 0 atom stereocenters. The van der Waals surface area contributed by atoms with Gasteiger partial charge in [0, 0.05) is 17.2 Å². The Hall–Kier alpha value is -9.70. The first-order valence-corrected chi connectivity index (χ1v) is 23.2. The Morgan fingerprint density at radius 1 is 0.361 bits per heavy atom. The molecule has 2 aliphatic heterocycles. The molecule has 0 bridgehead atoms. The Morgan fingerprint density at radius 3 is 0.892 bits per heavy atom. The second-order valence-corrected chi connectivity index (χ2v) is 18.9. The molecule has 0 saturated carbocycles. The first-order valence-electron chi connectivity index (χ1n) is 22.5. The zero-order chi connectivity index (χ0) is 60.1. The molecule has 0 saturated heterocycles. The summed E-state index contributed by atoms with van der Waals surface area (Å²) in [5, 5.41) is 19.0. The topological polar surface area (TPSA) is 175 Å². The van der Waals surface area contributed by atoms with Crippen molar-refractivity contribution in [3.05, 3.63) is 207 Å². The van der Waals surface area contributed by atoms with Crippen LogP contribution in [0.25, 0.3) is 44.5 Å². The van der Waals surface area contributed by atoms with Gasteiger partial charge in [-0.2, -0.15) is 0 Å². The number of aromatic nitrogens is 2. The van der Waals surface area contributed by atoms with Crippen LogP contribution >= 0.6 is 23.2 Å². The minimum absolute atomic E-state index is 0.149. The molecule has 0 unspecified atom stereocenters. The molecule has 4 heterocycles. The Balaban J connectivity index is 1.11. The minimum Gasteiger partial charge on any atom is -0.506 e. The second kappa shape index (κ2) is 17.9. The summed E-state index contributed by atoms with van der Waals surface area (Å²) in [5.41, 5.74) is -22.2. The fraction of sp³-hybridized carbons (Fsp3) is 0.0189. The van der Waals surface area contributed by atoms with Crippen molar-refractivity contribution in [1.82, 2.24) is 9.97 Å². The van der Waals surface area contributed by atoms with Gasteiger partial charge in [0.1, 0.15) is 11.5 Å². The molecule has 4 amide bonds. The summed E-state index contributed by atoms with van der Waals surface area (Å²) in [5.74, 6) is -53.8. The van der Waals surface area contributed by atoms with Crippen molar-refractivity contribution in [2.45, 2.75) is 6.42 Å². The number of ketones is 2. The number of rotatable bonds is 6. The summed E-state index contributed by atoms with van der Waals surface area (Å²) in [4.78, 5) is 92.2. The van der Waals surface area contributed by atoms with E-state index in [0.29, 0.717) is 24.3 Å². The summed E-state index contributed by atoms with van der Waals surface area (Å²) < 4.78 is 239. The molecule has 30 heteroatoms. The molecule has 0 radical (unpaired) electrons. The van der Waals surface area contributed by atoms with Crippen molar-refractivity contribution in [2.75, 3.05) is 9.80 Å². The summed E-state index contributed by atoms with van der Waals surface area (Å²) in [7, 11) is 0. The van der Waals surface area contributed by atoms with Crippen LogP contribution in [0.15, 0.2) is 36.4 Å². The number of aliphatic hydroxyl groups is 2. The van der Waals surface area contributed by atoms with Gasteiger partial charge in [0.15, 0.2) is 93.1 Å². The van der Waals surface area contributed by atoms with Crippen LogP contribution in [-0.2, 0) is 6.42 Å². The normalized spacial score (nSPS) is 14.8. The molecule has 12 rings (SSSR count). The smallest absolute Gasteiger partial charge is 0.269 e. The highest BCUT2D eigenvalue weighted by Gasteiger charge is 2.49. The van der Waals surface area contributed by atoms with E-state index in [9.17, 15) is 74.1 Å². The lowest BCUT2D eigenvalue weighted by Crippen LogP contribution is -2.32. The number of aliphatic hydroxyl groups excluding tert-OH is 2. The first-order chi connectivity index (χ1) is 39.1.